The molecule has 3 aromatic heterocycles. The second-order valence-electron chi connectivity index (χ2n) is 36.3. The lowest BCUT2D eigenvalue weighted by atomic mass is 9.91. The van der Waals surface area contributed by atoms with Gasteiger partial charge in [0.2, 0.25) is 0 Å². The van der Waals surface area contributed by atoms with Crippen molar-refractivity contribution in [2.45, 2.75) is 223 Å². The van der Waals surface area contributed by atoms with Gasteiger partial charge in [-0.3, -0.25) is 9.78 Å². The number of benzene rings is 11. The Labute approximate surface area is 851 Å². The Morgan fingerprint density at radius 3 is 1.15 bits per heavy atom. The van der Waals surface area contributed by atoms with Gasteiger partial charge in [0.25, 0.3) is 0 Å². The molecule has 19 heteroatoms. The number of carbonyl (C=O) groups is 1. The summed E-state index contributed by atoms with van der Waals surface area (Å²) in [5.41, 5.74) is 19.1. The fourth-order valence-corrected chi connectivity index (χ4v) is 16.7. The lowest BCUT2D eigenvalue weighted by molar-refractivity contribution is -0.219. The van der Waals surface area contributed by atoms with E-state index in [1.807, 2.05) is 239 Å². The molecule has 141 heavy (non-hydrogen) atoms. The molecule has 3 aliphatic heterocycles. The van der Waals surface area contributed by atoms with Crippen LogP contribution in [-0.4, -0.2) is 83.4 Å². The standard InChI is InChI=1S/2C18H11ClN2.C17H26O2.C16H24O3.C15H22O2.C10H8ClN.C10H14O.C9H10O.C8H7NO.CH4/c2*19-16-7-5-15-6-9-17(21-18(15)11-16)8-4-13-2-1-3-14(10-13)12-20;1-4-9-14-10-5-6-11-15(14)17(2,3)19-16-12-7-8-13-18-16;1-16(2,19-15-9-5-6-12-18-15)14-8-4-3-7-13(14)10-11-17;1-12-8-4-5-9-13(12)15(2,3)17-14-10-6-7-11-16-14;1-7-2-3-8-4-5-9(11)6-10(8)12-7;1-8-6-4-5-7-9(8)10(2,3)11;1-7-5-3-4-6-9(7)8(2)10;1-10-8-4-2-3-7(5-8)6-9;/h2*1-11H;5-6,10-11,16H,4,7-9,12-13H2,1-3H3;3-4,7-8,15,17H,5-6,9-12H2,1-2H3;4-5,8-9,14H,6-7,10-11H2,1-3H3;2-6H,1H3;4-7,11H,1-3H3;3-6H,1-2H3;2-5H,1H3;1H4/b2*8-4+;;;;;;;;. The third-order valence-corrected chi connectivity index (χ3v) is 24.0. The Kier molecular flexibility index (Phi) is 47.0. The van der Waals surface area contributed by atoms with Crippen molar-refractivity contribution in [1.82, 2.24) is 15.0 Å². The first kappa shape index (κ1) is 114. The van der Waals surface area contributed by atoms with Gasteiger partial charge < -0.3 is 43.4 Å². The highest BCUT2D eigenvalue weighted by Crippen LogP contribution is 2.36. The molecular formula is C122H137Cl3N6O10. The molecule has 3 unspecified atom stereocenters. The summed E-state index contributed by atoms with van der Waals surface area (Å²) >= 11 is 17.8. The van der Waals surface area contributed by atoms with Gasteiger partial charge in [0.05, 0.1) is 92.3 Å². The number of halogens is 3. The van der Waals surface area contributed by atoms with Crippen LogP contribution in [-0.2, 0) is 63.7 Å². The molecular weight excluding hydrogens is 1820 g/mol. The number of hydrogen-bond donors (Lipinski definition) is 2. The van der Waals surface area contributed by atoms with Gasteiger partial charge in [0.15, 0.2) is 24.7 Å². The summed E-state index contributed by atoms with van der Waals surface area (Å²) in [5.74, 6) is 0.858. The lowest BCUT2D eigenvalue weighted by Gasteiger charge is -2.34. The van der Waals surface area contributed by atoms with E-state index in [9.17, 15) is 9.90 Å². The van der Waals surface area contributed by atoms with Gasteiger partial charge in [0, 0.05) is 68.9 Å². The highest BCUT2D eigenvalue weighted by molar-refractivity contribution is 6.32. The summed E-state index contributed by atoms with van der Waals surface area (Å²) in [6, 6.07) is 97.9. The van der Waals surface area contributed by atoms with Gasteiger partial charge >= 0.3 is 0 Å². The highest BCUT2D eigenvalue weighted by atomic mass is 35.5. The van der Waals surface area contributed by atoms with E-state index in [2.05, 4.69) is 143 Å². The number of aliphatic hydroxyl groups is 2. The molecule has 14 aromatic rings. The molecule has 6 heterocycles. The SMILES string of the molecule is C.CC(=O)c1ccccc1C.CC(C)(OC1CCCCO1)c1ccccc1CCO.CCCc1ccccc1C(C)(C)OC1CCCCO1.COc1cccc(C#N)c1.Cc1ccc2ccc(Cl)cc2n1.Cc1ccccc1C(C)(C)O.Cc1ccccc1C(C)(C)OC1CCCCO1.N#Cc1cccc(/C=C/c2ccc3ccc(Cl)cc3n2)c1.N#Cc1cccc(/C=C/c2ccc3ccc(Cl)cc3n2)c1. The molecule has 0 saturated carbocycles. The zero-order chi connectivity index (χ0) is 101. The molecule has 0 spiro atoms. The van der Waals surface area contributed by atoms with Crippen LogP contribution in [0.25, 0.3) is 57.0 Å². The van der Waals surface area contributed by atoms with E-state index in [1.165, 1.54) is 41.5 Å². The number of aryl methyl sites for hydroxylation is 5. The van der Waals surface area contributed by atoms with E-state index in [-0.39, 0.29) is 49.9 Å². The largest absolute Gasteiger partial charge is 0.497 e. The smallest absolute Gasteiger partial charge is 0.160 e. The number of Topliss-reactive ketones (excluding diaryl/α,β-unsaturated/α-hetero) is 1. The number of fused-ring (bicyclic) bond motifs is 3. The first-order valence-electron chi connectivity index (χ1n) is 47.8. The number of aromatic nitrogens is 3. The summed E-state index contributed by atoms with van der Waals surface area (Å²) in [7, 11) is 1.58. The number of ether oxygens (including phenoxy) is 7. The number of pyridine rings is 3. The second kappa shape index (κ2) is 58.1. The van der Waals surface area contributed by atoms with Crippen LogP contribution in [0.2, 0.25) is 15.1 Å². The highest BCUT2D eigenvalue weighted by Gasteiger charge is 2.32. The van der Waals surface area contributed by atoms with Gasteiger partial charge in [-0.2, -0.15) is 15.8 Å². The van der Waals surface area contributed by atoms with Crippen molar-refractivity contribution in [3.8, 4) is 24.0 Å². The van der Waals surface area contributed by atoms with E-state index in [4.69, 9.17) is 88.9 Å². The quantitative estimate of drug-likeness (QED) is 0.0675. The zero-order valence-electron chi connectivity index (χ0n) is 83.5. The van der Waals surface area contributed by atoms with E-state index < -0.39 is 11.2 Å². The van der Waals surface area contributed by atoms with Crippen molar-refractivity contribution in [2.75, 3.05) is 33.5 Å². The molecule has 0 amide bonds. The minimum absolute atomic E-state index is 0. The minimum atomic E-state index is -0.717. The first-order valence-corrected chi connectivity index (χ1v) is 49.0. The van der Waals surface area contributed by atoms with Gasteiger partial charge in [-0.25, -0.2) is 9.97 Å². The van der Waals surface area contributed by atoms with E-state index in [1.54, 1.807) is 64.3 Å². The molecule has 0 bridgehead atoms. The normalized spacial score (nSPS) is 14.4. The number of nitriles is 3. The Hall–Kier alpha value is -12.4. The van der Waals surface area contributed by atoms with E-state index in [0.29, 0.717) is 33.2 Å². The fraction of sp³-hybridized carbons (Fsp3) is 0.320. The summed E-state index contributed by atoms with van der Waals surface area (Å²) in [5, 5.41) is 50.4. The summed E-state index contributed by atoms with van der Waals surface area (Å²) in [6.07, 6.45) is 20.5. The monoisotopic (exact) mass is 1950 g/mol. The van der Waals surface area contributed by atoms with E-state index >= 15 is 0 Å². The Balaban J connectivity index is 0.000000196. The molecule has 2 N–H and O–H groups in total. The number of nitrogens with zero attached hydrogens (tertiary/aromatic N) is 6. The Bertz CT molecular complexity index is 6220. The Morgan fingerprint density at radius 2 is 0.780 bits per heavy atom. The minimum Gasteiger partial charge on any atom is -0.497 e. The summed E-state index contributed by atoms with van der Waals surface area (Å²) in [4.78, 5) is 24.3. The molecule has 3 saturated heterocycles. The van der Waals surface area contributed by atoms with Crippen molar-refractivity contribution in [2.24, 2.45) is 0 Å². The molecule has 3 fully saturated rings. The van der Waals surface area contributed by atoms with Crippen molar-refractivity contribution in [3.05, 3.63) is 401 Å². The summed E-state index contributed by atoms with van der Waals surface area (Å²) < 4.78 is 40.4. The van der Waals surface area contributed by atoms with Crippen LogP contribution in [0.4, 0.5) is 0 Å². The number of ketones is 1. The molecule has 0 aliphatic carbocycles. The van der Waals surface area contributed by atoms with Gasteiger partial charge in [-0.1, -0.05) is 256 Å². The van der Waals surface area contributed by atoms with Crippen molar-refractivity contribution in [1.29, 1.82) is 15.8 Å². The van der Waals surface area contributed by atoms with Crippen LogP contribution in [0, 0.1) is 61.7 Å². The topological polar surface area (TPSA) is 232 Å². The summed E-state index contributed by atoms with van der Waals surface area (Å²) in [6.45, 7) is 30.7. The third-order valence-electron chi connectivity index (χ3n) is 23.3. The maximum atomic E-state index is 10.9. The third kappa shape index (κ3) is 38.2. The van der Waals surface area contributed by atoms with E-state index in [0.717, 1.165) is 176 Å². The number of carbonyl (C=O) groups excluding carboxylic acids is 1. The first-order chi connectivity index (χ1) is 67.2. The van der Waals surface area contributed by atoms with Crippen molar-refractivity contribution < 1.29 is 48.2 Å². The molecule has 3 atom stereocenters. The van der Waals surface area contributed by atoms with Gasteiger partial charge in [0.1, 0.15) is 5.75 Å². The van der Waals surface area contributed by atoms with Crippen molar-refractivity contribution in [3.63, 3.8) is 0 Å². The predicted molar refractivity (Wildman–Crippen MR) is 579 cm³/mol. The van der Waals surface area contributed by atoms with Crippen molar-refractivity contribution >= 4 is 97.6 Å². The molecule has 11 aromatic carbocycles. The number of rotatable bonds is 20. The fourth-order valence-electron chi connectivity index (χ4n) is 16.2. The number of aliphatic hydroxyl groups excluding tert-OH is 1. The molecule has 16 nitrogen and oxygen atoms in total. The molecule has 0 radical (unpaired) electrons. The van der Waals surface area contributed by atoms with Gasteiger partial charge in [-0.15, -0.1) is 0 Å². The predicted octanol–water partition coefficient (Wildman–Crippen LogP) is 30.9. The lowest BCUT2D eigenvalue weighted by Crippen LogP contribution is -2.33. The molecule has 3 aliphatic rings. The second-order valence-corrected chi connectivity index (χ2v) is 37.6. The number of methoxy groups -OCH3 is 1. The van der Waals surface area contributed by atoms with Crippen LogP contribution in [0.5, 0.6) is 5.75 Å². The molecule has 17 rings (SSSR count). The van der Waals surface area contributed by atoms with Crippen LogP contribution in [0.3, 0.4) is 0 Å². The zero-order valence-corrected chi connectivity index (χ0v) is 85.7. The average Bonchev–Trinajstić information content (AvgIpc) is 0.798. The van der Waals surface area contributed by atoms with Crippen LogP contribution >= 0.6 is 34.8 Å². The van der Waals surface area contributed by atoms with Crippen LogP contribution in [0.15, 0.2) is 285 Å². The Morgan fingerprint density at radius 1 is 0.418 bits per heavy atom. The maximum absolute atomic E-state index is 10.9. The number of hydrogen-bond acceptors (Lipinski definition) is 16. The maximum Gasteiger partial charge on any atom is 0.160 e. The molecule has 736 valence electrons. The van der Waals surface area contributed by atoms with Crippen LogP contribution < -0.4 is 4.74 Å². The average molecular weight is 1950 g/mol. The van der Waals surface area contributed by atoms with Gasteiger partial charge in [-0.05, 0) is 331 Å². The van der Waals surface area contributed by atoms with Crippen LogP contribution in [0.1, 0.15) is 246 Å².